The number of aromatic amines is 1. The molecular weight excluding hydrogens is 437 g/mol. The summed E-state index contributed by atoms with van der Waals surface area (Å²) in [7, 11) is 0. The van der Waals surface area contributed by atoms with E-state index < -0.39 is 11.7 Å². The van der Waals surface area contributed by atoms with Crippen LogP contribution in [0.3, 0.4) is 0 Å². The van der Waals surface area contributed by atoms with Crippen molar-refractivity contribution in [1.29, 1.82) is 0 Å². The molecule has 33 heavy (non-hydrogen) atoms. The molecule has 4 aromatic rings. The van der Waals surface area contributed by atoms with Crippen molar-refractivity contribution in [2.45, 2.75) is 45.3 Å². The van der Waals surface area contributed by atoms with Crippen molar-refractivity contribution in [2.24, 2.45) is 0 Å². The second-order valence-corrected chi connectivity index (χ2v) is 7.77. The molecule has 0 aromatic carbocycles. The third-order valence-electron chi connectivity index (χ3n) is 5.22. The Morgan fingerprint density at radius 2 is 1.97 bits per heavy atom. The molecule has 1 unspecified atom stereocenters. The highest BCUT2D eigenvalue weighted by molar-refractivity contribution is 5.94. The highest BCUT2D eigenvalue weighted by Gasteiger charge is 2.36. The Morgan fingerprint density at radius 3 is 2.58 bits per heavy atom. The van der Waals surface area contributed by atoms with Gasteiger partial charge in [0.25, 0.3) is 0 Å². The third-order valence-corrected chi connectivity index (χ3v) is 5.22. The fourth-order valence-corrected chi connectivity index (χ4v) is 3.56. The molecule has 1 saturated heterocycles. The number of aromatic nitrogens is 6. The molecule has 4 aromatic heterocycles. The van der Waals surface area contributed by atoms with Crippen LogP contribution in [0.5, 0.6) is 0 Å². The van der Waals surface area contributed by atoms with Crippen molar-refractivity contribution in [1.82, 2.24) is 35.4 Å². The maximum atomic E-state index is 13.3. The van der Waals surface area contributed by atoms with Crippen molar-refractivity contribution in [3.63, 3.8) is 0 Å². The van der Waals surface area contributed by atoms with Gasteiger partial charge in [-0.15, -0.1) is 0 Å². The zero-order chi connectivity index (χ0) is 23.6. The summed E-state index contributed by atoms with van der Waals surface area (Å²) < 4.78 is 44.8. The lowest BCUT2D eigenvalue weighted by Gasteiger charge is -2.18. The largest absolute Gasteiger partial charge is 0.419 e. The number of nitrogens with zero attached hydrogens (tertiary/aromatic N) is 5. The molecule has 12 heteroatoms. The number of anilines is 1. The zero-order valence-corrected chi connectivity index (χ0v) is 18.1. The van der Waals surface area contributed by atoms with Crippen LogP contribution >= 0.6 is 0 Å². The molecule has 0 aliphatic carbocycles. The van der Waals surface area contributed by atoms with Gasteiger partial charge in [-0.25, -0.2) is 15.0 Å². The van der Waals surface area contributed by atoms with Crippen LogP contribution < -0.4 is 11.1 Å². The van der Waals surface area contributed by atoms with Gasteiger partial charge in [0.2, 0.25) is 17.7 Å². The maximum Gasteiger partial charge on any atom is 0.419 e. The van der Waals surface area contributed by atoms with Gasteiger partial charge in [0.15, 0.2) is 0 Å². The molecule has 0 radical (unpaired) electrons. The van der Waals surface area contributed by atoms with Gasteiger partial charge in [0.1, 0.15) is 16.9 Å². The molecule has 5 rings (SSSR count). The summed E-state index contributed by atoms with van der Waals surface area (Å²) in [6, 6.07) is 3.98. The van der Waals surface area contributed by atoms with E-state index in [9.17, 15) is 13.2 Å². The van der Waals surface area contributed by atoms with E-state index in [-0.39, 0.29) is 23.0 Å². The monoisotopic (exact) mass is 460 g/mol. The summed E-state index contributed by atoms with van der Waals surface area (Å²) in [4.78, 5) is 18.5. The van der Waals surface area contributed by atoms with Crippen molar-refractivity contribution in [3.8, 4) is 22.8 Å². The van der Waals surface area contributed by atoms with E-state index in [1.165, 1.54) is 32.0 Å². The van der Waals surface area contributed by atoms with Gasteiger partial charge in [-0.3, -0.25) is 0 Å². The Balaban J connectivity index is 0.000000318. The van der Waals surface area contributed by atoms with Gasteiger partial charge >= 0.3 is 6.18 Å². The van der Waals surface area contributed by atoms with E-state index in [1.54, 1.807) is 19.1 Å². The summed E-state index contributed by atoms with van der Waals surface area (Å²) in [6.07, 6.45) is 1.61. The Bertz CT molecular complexity index is 1240. The SMILES string of the molecule is CC1CCCCN1.Cc1nc(-c2ccc3c(-c4nc(N)ncc4C(F)(F)F)c[nH]c3n2)no1. The van der Waals surface area contributed by atoms with Gasteiger partial charge in [-0.2, -0.15) is 18.2 Å². The number of aryl methyl sites for hydroxylation is 1. The second-order valence-electron chi connectivity index (χ2n) is 7.77. The molecule has 1 atom stereocenters. The predicted molar refractivity (Wildman–Crippen MR) is 116 cm³/mol. The number of rotatable bonds is 2. The van der Waals surface area contributed by atoms with Crippen LogP contribution in [0.2, 0.25) is 0 Å². The minimum absolute atomic E-state index is 0.213. The summed E-state index contributed by atoms with van der Waals surface area (Å²) in [5.74, 6) is 0.400. The number of hydrogen-bond acceptors (Lipinski definition) is 8. The first-order chi connectivity index (χ1) is 15.7. The highest BCUT2D eigenvalue weighted by atomic mass is 19.4. The fraction of sp³-hybridized carbons (Fsp3) is 0.381. The number of halogens is 3. The quantitative estimate of drug-likeness (QED) is 0.407. The molecule has 4 N–H and O–H groups in total. The molecule has 1 aliphatic rings. The van der Waals surface area contributed by atoms with E-state index in [0.717, 1.165) is 6.04 Å². The fourth-order valence-electron chi connectivity index (χ4n) is 3.56. The van der Waals surface area contributed by atoms with E-state index in [4.69, 9.17) is 10.3 Å². The third kappa shape index (κ3) is 5.11. The van der Waals surface area contributed by atoms with Crippen molar-refractivity contribution in [2.75, 3.05) is 12.3 Å². The molecule has 0 spiro atoms. The molecule has 1 fully saturated rings. The summed E-state index contributed by atoms with van der Waals surface area (Å²) in [5, 5.41) is 7.59. The Kier molecular flexibility index (Phi) is 6.27. The predicted octanol–water partition coefficient (Wildman–Crippen LogP) is 4.13. The minimum Gasteiger partial charge on any atom is -0.368 e. The van der Waals surface area contributed by atoms with Crippen LogP contribution in [0, 0.1) is 6.92 Å². The van der Waals surface area contributed by atoms with Crippen LogP contribution in [-0.2, 0) is 6.18 Å². The number of nitrogen functional groups attached to an aromatic ring is 1. The number of fused-ring (bicyclic) bond motifs is 1. The first-order valence-electron chi connectivity index (χ1n) is 10.4. The molecule has 0 saturated carbocycles. The highest BCUT2D eigenvalue weighted by Crippen LogP contribution is 2.38. The molecule has 0 bridgehead atoms. The topological polar surface area (TPSA) is 131 Å². The van der Waals surface area contributed by atoms with E-state index >= 15 is 0 Å². The molecule has 1 aliphatic heterocycles. The molecule has 0 amide bonds. The summed E-state index contributed by atoms with van der Waals surface area (Å²) >= 11 is 0. The van der Waals surface area contributed by atoms with Crippen LogP contribution in [0.25, 0.3) is 33.8 Å². The van der Waals surface area contributed by atoms with Gasteiger partial charge in [-0.05, 0) is 38.4 Å². The van der Waals surface area contributed by atoms with Gasteiger partial charge in [0.05, 0.1) is 5.69 Å². The standard InChI is InChI=1S/C15H10F3N7O.C6H13N/c1-6-22-13(25-26-6)10-3-2-7-8(4-20-12(7)23-10)11-9(15(16,17)18)5-21-14(19)24-11;1-6-4-2-3-5-7-6/h2-5H,1H3,(H,20,23)(H2,19,21,24);6-7H,2-5H2,1H3. The van der Waals surface area contributed by atoms with E-state index in [1.807, 2.05) is 0 Å². The number of hydrogen-bond donors (Lipinski definition) is 3. The Hall–Kier alpha value is -3.54. The van der Waals surface area contributed by atoms with E-state index in [0.29, 0.717) is 28.8 Å². The second kappa shape index (κ2) is 9.14. The minimum atomic E-state index is -4.62. The molecular formula is C21H23F3N8O. The lowest BCUT2D eigenvalue weighted by Crippen LogP contribution is -2.30. The first kappa shape index (κ1) is 22.6. The average molecular weight is 460 g/mol. The number of nitrogens with two attached hydrogens (primary N) is 1. The number of piperidine rings is 1. The lowest BCUT2D eigenvalue weighted by molar-refractivity contribution is -0.137. The number of nitrogens with one attached hydrogen (secondary N) is 2. The van der Waals surface area contributed by atoms with E-state index in [2.05, 4.69) is 42.3 Å². The van der Waals surface area contributed by atoms with Crippen LogP contribution in [0.1, 0.15) is 37.6 Å². The lowest BCUT2D eigenvalue weighted by atomic mass is 10.1. The van der Waals surface area contributed by atoms with Crippen molar-refractivity contribution < 1.29 is 17.7 Å². The van der Waals surface area contributed by atoms with Crippen LogP contribution in [0.4, 0.5) is 19.1 Å². The smallest absolute Gasteiger partial charge is 0.368 e. The zero-order valence-electron chi connectivity index (χ0n) is 18.1. The van der Waals surface area contributed by atoms with Gasteiger partial charge in [-0.1, -0.05) is 11.6 Å². The van der Waals surface area contributed by atoms with Gasteiger partial charge in [0, 0.05) is 36.3 Å². The van der Waals surface area contributed by atoms with Crippen LogP contribution in [0.15, 0.2) is 29.0 Å². The maximum absolute atomic E-state index is 13.3. The summed E-state index contributed by atoms with van der Waals surface area (Å²) in [6.45, 7) is 5.13. The number of H-pyrrole nitrogens is 1. The van der Waals surface area contributed by atoms with Crippen LogP contribution in [-0.4, -0.2) is 42.7 Å². The molecule has 9 nitrogen and oxygen atoms in total. The first-order valence-corrected chi connectivity index (χ1v) is 10.4. The number of alkyl halides is 3. The van der Waals surface area contributed by atoms with Crippen molar-refractivity contribution in [3.05, 3.63) is 36.0 Å². The Morgan fingerprint density at radius 1 is 1.15 bits per heavy atom. The normalized spacial score (nSPS) is 16.5. The summed E-state index contributed by atoms with van der Waals surface area (Å²) in [5.41, 5.74) is 5.16. The number of pyridine rings is 1. The molecule has 5 heterocycles. The molecule has 174 valence electrons. The van der Waals surface area contributed by atoms with Gasteiger partial charge < -0.3 is 20.6 Å². The Labute approximate surface area is 187 Å². The average Bonchev–Trinajstić information content (AvgIpc) is 3.39. The van der Waals surface area contributed by atoms with Crippen molar-refractivity contribution >= 4 is 17.0 Å².